The van der Waals surface area contributed by atoms with Gasteiger partial charge in [0.25, 0.3) is 0 Å². The third kappa shape index (κ3) is 3.81. The molecule has 1 N–H and O–H groups in total. The molecule has 1 saturated heterocycles. The second-order valence-corrected chi connectivity index (χ2v) is 6.62. The summed E-state index contributed by atoms with van der Waals surface area (Å²) in [6, 6.07) is 7.06. The Bertz CT molecular complexity index is 494. The van der Waals surface area contributed by atoms with Crippen LogP contribution in [0.3, 0.4) is 0 Å². The summed E-state index contributed by atoms with van der Waals surface area (Å²) < 4.78 is 11.3. The van der Waals surface area contributed by atoms with Gasteiger partial charge in [0.15, 0.2) is 11.5 Å². The molecule has 0 unspecified atom stereocenters. The lowest BCUT2D eigenvalue weighted by molar-refractivity contribution is 0.125. The van der Waals surface area contributed by atoms with Crippen LogP contribution in [-0.2, 0) is 0 Å². The first-order valence-corrected chi connectivity index (χ1v) is 9.09. The smallest absolute Gasteiger partial charge is 0.161 e. The molecule has 4 heteroatoms. The summed E-state index contributed by atoms with van der Waals surface area (Å²) in [6.45, 7) is 7.14. The van der Waals surface area contributed by atoms with E-state index in [9.17, 15) is 0 Å². The molecule has 4 nitrogen and oxygen atoms in total. The molecule has 1 aromatic carbocycles. The maximum Gasteiger partial charge on any atom is 0.161 e. The highest BCUT2D eigenvalue weighted by Crippen LogP contribution is 2.42. The largest absolute Gasteiger partial charge is 0.493 e. The van der Waals surface area contributed by atoms with E-state index < -0.39 is 0 Å². The maximum absolute atomic E-state index is 5.68. The Labute approximate surface area is 140 Å². The van der Waals surface area contributed by atoms with Crippen molar-refractivity contribution in [1.82, 2.24) is 10.2 Å². The minimum atomic E-state index is 0.518. The minimum absolute atomic E-state index is 0.518. The van der Waals surface area contributed by atoms with Crippen LogP contribution in [0.15, 0.2) is 18.2 Å². The van der Waals surface area contributed by atoms with Gasteiger partial charge < -0.3 is 14.8 Å². The van der Waals surface area contributed by atoms with Gasteiger partial charge in [-0.2, -0.15) is 0 Å². The van der Waals surface area contributed by atoms with Crippen LogP contribution >= 0.6 is 0 Å². The zero-order chi connectivity index (χ0) is 16.1. The molecule has 1 aliphatic carbocycles. The van der Waals surface area contributed by atoms with Crippen molar-refractivity contribution in [3.63, 3.8) is 0 Å². The topological polar surface area (TPSA) is 33.7 Å². The maximum atomic E-state index is 5.68. The zero-order valence-electron chi connectivity index (χ0n) is 14.5. The molecule has 128 valence electrons. The van der Waals surface area contributed by atoms with E-state index in [1.165, 1.54) is 31.2 Å². The van der Waals surface area contributed by atoms with Crippen LogP contribution < -0.4 is 14.8 Å². The molecule has 0 radical (unpaired) electrons. The Morgan fingerprint density at radius 2 is 1.91 bits per heavy atom. The molecule has 0 amide bonds. The van der Waals surface area contributed by atoms with E-state index in [1.807, 2.05) is 6.92 Å². The van der Waals surface area contributed by atoms with E-state index in [1.54, 1.807) is 7.11 Å². The third-order valence-corrected chi connectivity index (χ3v) is 5.22. The van der Waals surface area contributed by atoms with Gasteiger partial charge in [0, 0.05) is 32.2 Å². The Hall–Kier alpha value is -1.26. The summed E-state index contributed by atoms with van der Waals surface area (Å²) in [5, 5.41) is 3.47. The highest BCUT2D eigenvalue weighted by molar-refractivity contribution is 5.44. The van der Waals surface area contributed by atoms with Crippen molar-refractivity contribution in [3.8, 4) is 11.5 Å². The van der Waals surface area contributed by atoms with Crippen molar-refractivity contribution in [2.75, 3.05) is 39.9 Å². The average Bonchev–Trinajstić information content (AvgIpc) is 3.11. The molecule has 1 heterocycles. The fraction of sp³-hybridized carbons (Fsp3) is 0.684. The predicted octanol–water partition coefficient (Wildman–Crippen LogP) is 3.23. The predicted molar refractivity (Wildman–Crippen MR) is 93.3 cm³/mol. The second kappa shape index (κ2) is 8.02. The number of rotatable bonds is 6. The summed E-state index contributed by atoms with van der Waals surface area (Å²) in [4.78, 5) is 2.67. The van der Waals surface area contributed by atoms with Crippen LogP contribution in [0.1, 0.15) is 44.2 Å². The van der Waals surface area contributed by atoms with Crippen LogP contribution in [0.5, 0.6) is 11.5 Å². The fourth-order valence-corrected chi connectivity index (χ4v) is 4.16. The molecule has 2 fully saturated rings. The van der Waals surface area contributed by atoms with Gasteiger partial charge in [-0.15, -0.1) is 0 Å². The number of benzene rings is 1. The number of methoxy groups -OCH3 is 1. The molecule has 1 aliphatic heterocycles. The summed E-state index contributed by atoms with van der Waals surface area (Å²) in [7, 11) is 1.73. The Morgan fingerprint density at radius 1 is 1.17 bits per heavy atom. The Balaban J connectivity index is 1.88. The average molecular weight is 318 g/mol. The standard InChI is InChI=1S/C19H30N2O2/c1-3-23-17-9-8-16(14-18(17)22-2)19(15-6-4-5-7-15)21-12-10-20-11-13-21/h8-9,14-15,19-20H,3-7,10-13H2,1-2H3/t19-/m1/s1. The lowest BCUT2D eigenvalue weighted by Crippen LogP contribution is -2.46. The van der Waals surface area contributed by atoms with Gasteiger partial charge in [-0.05, 0) is 43.4 Å². The number of nitrogens with one attached hydrogen (secondary N) is 1. The monoisotopic (exact) mass is 318 g/mol. The second-order valence-electron chi connectivity index (χ2n) is 6.62. The summed E-state index contributed by atoms with van der Waals surface area (Å²) >= 11 is 0. The molecule has 1 saturated carbocycles. The van der Waals surface area contributed by atoms with Crippen molar-refractivity contribution in [2.24, 2.45) is 5.92 Å². The number of hydrogen-bond acceptors (Lipinski definition) is 4. The molecule has 0 bridgehead atoms. The highest BCUT2D eigenvalue weighted by atomic mass is 16.5. The van der Waals surface area contributed by atoms with Gasteiger partial charge >= 0.3 is 0 Å². The van der Waals surface area contributed by atoms with Crippen LogP contribution in [0.4, 0.5) is 0 Å². The minimum Gasteiger partial charge on any atom is -0.493 e. The van der Waals surface area contributed by atoms with Crippen LogP contribution in [0.25, 0.3) is 0 Å². The summed E-state index contributed by atoms with van der Waals surface area (Å²) in [5.74, 6) is 2.49. The van der Waals surface area contributed by atoms with Gasteiger partial charge in [-0.25, -0.2) is 0 Å². The van der Waals surface area contributed by atoms with E-state index in [0.29, 0.717) is 12.6 Å². The molecular weight excluding hydrogens is 288 g/mol. The molecule has 23 heavy (non-hydrogen) atoms. The Morgan fingerprint density at radius 3 is 2.57 bits per heavy atom. The molecule has 1 aromatic rings. The third-order valence-electron chi connectivity index (χ3n) is 5.22. The van der Waals surface area contributed by atoms with Gasteiger partial charge in [0.05, 0.1) is 13.7 Å². The lowest BCUT2D eigenvalue weighted by Gasteiger charge is -2.38. The Kier molecular flexibility index (Phi) is 5.79. The quantitative estimate of drug-likeness (QED) is 0.873. The number of hydrogen-bond donors (Lipinski definition) is 1. The molecule has 1 atom stereocenters. The SMILES string of the molecule is CCOc1ccc([C@@H](C2CCCC2)N2CCNCC2)cc1OC. The molecule has 2 aliphatic rings. The number of ether oxygens (including phenoxy) is 2. The van der Waals surface area contributed by atoms with Crippen molar-refractivity contribution < 1.29 is 9.47 Å². The zero-order valence-corrected chi connectivity index (χ0v) is 14.5. The van der Waals surface area contributed by atoms with Gasteiger partial charge in [-0.3, -0.25) is 4.90 Å². The van der Waals surface area contributed by atoms with Gasteiger partial charge in [-0.1, -0.05) is 18.9 Å². The highest BCUT2D eigenvalue weighted by Gasteiger charge is 2.32. The molecule has 0 spiro atoms. The van der Waals surface area contributed by atoms with Crippen LogP contribution in [0, 0.1) is 5.92 Å². The van der Waals surface area contributed by atoms with Gasteiger partial charge in [0.2, 0.25) is 0 Å². The number of piperazine rings is 1. The first-order chi connectivity index (χ1) is 11.3. The number of nitrogens with zero attached hydrogens (tertiary/aromatic N) is 1. The van der Waals surface area contributed by atoms with Gasteiger partial charge in [0.1, 0.15) is 0 Å². The van der Waals surface area contributed by atoms with Crippen LogP contribution in [-0.4, -0.2) is 44.8 Å². The lowest BCUT2D eigenvalue weighted by atomic mass is 9.89. The van der Waals surface area contributed by atoms with Crippen molar-refractivity contribution in [2.45, 2.75) is 38.6 Å². The van der Waals surface area contributed by atoms with E-state index in [4.69, 9.17) is 9.47 Å². The summed E-state index contributed by atoms with van der Waals surface area (Å²) in [5.41, 5.74) is 1.39. The van der Waals surface area contributed by atoms with Crippen molar-refractivity contribution >= 4 is 0 Å². The summed E-state index contributed by atoms with van der Waals surface area (Å²) in [6.07, 6.45) is 5.46. The van der Waals surface area contributed by atoms with E-state index in [2.05, 4.69) is 28.4 Å². The first kappa shape index (κ1) is 16.6. The van der Waals surface area contributed by atoms with E-state index in [0.717, 1.165) is 43.6 Å². The molecule has 3 rings (SSSR count). The van der Waals surface area contributed by atoms with Crippen molar-refractivity contribution in [3.05, 3.63) is 23.8 Å². The van der Waals surface area contributed by atoms with E-state index >= 15 is 0 Å². The normalized spacial score (nSPS) is 21.3. The fourth-order valence-electron chi connectivity index (χ4n) is 4.16. The van der Waals surface area contributed by atoms with Crippen molar-refractivity contribution in [1.29, 1.82) is 0 Å². The molecule has 0 aromatic heterocycles. The molecular formula is C19H30N2O2. The first-order valence-electron chi connectivity index (χ1n) is 9.09. The van der Waals surface area contributed by atoms with Crippen LogP contribution in [0.2, 0.25) is 0 Å². The van der Waals surface area contributed by atoms with E-state index in [-0.39, 0.29) is 0 Å².